The number of sulfonamides is 2. The van der Waals surface area contributed by atoms with Gasteiger partial charge < -0.3 is 5.32 Å². The quantitative estimate of drug-likeness (QED) is 0.0992. The zero-order valence-corrected chi connectivity index (χ0v) is 32.5. The summed E-state index contributed by atoms with van der Waals surface area (Å²) in [5.41, 5.74) is 14.2. The molecule has 4 aromatic carbocycles. The number of benzene rings is 4. The van der Waals surface area contributed by atoms with E-state index in [1.165, 1.54) is 46.2 Å². The standard InChI is InChI=1S/C21H21N3O3S.C13H13NO.C8H8N2O2S/c1-22-17-10-8-14(9-11-17)13-28(26,27)24-21(25)23-20-18-6-2-4-15(18)12-16-5-3-7-19(16)20;15-8-14-13-11-5-1-3-9(11)7-10-4-2-6-12(10)13;1-10-8-4-2-7(3-5-8)6-13(9,11)12/h8-12H,2-7,13H2,(H2,23,24,25);7H,1-6H2;2-5H,6H2,(H2,9,11,12). The summed E-state index contributed by atoms with van der Waals surface area (Å²) in [4.78, 5) is 33.4. The molecule has 0 heterocycles. The highest BCUT2D eigenvalue weighted by Crippen LogP contribution is 2.40. The molecule has 14 heteroatoms. The Morgan fingerprint density at radius 3 is 1.48 bits per heavy atom. The molecule has 4 aromatic rings. The van der Waals surface area contributed by atoms with E-state index in [1.807, 2.05) is 0 Å². The number of primary sulfonamides is 1. The molecule has 0 spiro atoms. The molecule has 12 nitrogen and oxygen atoms in total. The molecular weight excluding hydrogens is 749 g/mol. The number of nitrogens with two attached hydrogens (primary N) is 1. The predicted octanol–water partition coefficient (Wildman–Crippen LogP) is 7.52. The van der Waals surface area contributed by atoms with Crippen LogP contribution in [0.5, 0.6) is 0 Å². The molecule has 0 unspecified atom stereocenters. The smallest absolute Gasteiger partial charge is 0.307 e. The molecule has 0 saturated carbocycles. The van der Waals surface area contributed by atoms with Gasteiger partial charge >= 0.3 is 6.03 Å². The van der Waals surface area contributed by atoms with Crippen LogP contribution < -0.4 is 15.2 Å². The highest BCUT2D eigenvalue weighted by Gasteiger charge is 2.26. The number of hydrogen-bond acceptors (Lipinski definition) is 7. The number of aliphatic imine (C=N–C) groups is 1. The summed E-state index contributed by atoms with van der Waals surface area (Å²) in [5, 5.41) is 7.68. The molecule has 4 aliphatic carbocycles. The van der Waals surface area contributed by atoms with Crippen molar-refractivity contribution in [3.8, 4) is 0 Å². The molecule has 0 atom stereocenters. The number of isocyanates is 1. The number of fused-ring (bicyclic) bond motifs is 4. The summed E-state index contributed by atoms with van der Waals surface area (Å²) >= 11 is 0. The molecule has 0 aromatic heterocycles. The third kappa shape index (κ3) is 9.96. The minimum absolute atomic E-state index is 0.189. The minimum Gasteiger partial charge on any atom is -0.307 e. The lowest BCUT2D eigenvalue weighted by molar-refractivity contribution is 0.256. The van der Waals surface area contributed by atoms with Crippen molar-refractivity contribution in [2.75, 3.05) is 5.32 Å². The number of amides is 2. The lowest BCUT2D eigenvalue weighted by Gasteiger charge is -2.16. The van der Waals surface area contributed by atoms with Gasteiger partial charge in [-0.15, -0.1) is 0 Å². The molecule has 4 aliphatic rings. The molecule has 288 valence electrons. The van der Waals surface area contributed by atoms with Crippen molar-refractivity contribution in [1.29, 1.82) is 0 Å². The van der Waals surface area contributed by atoms with Crippen LogP contribution in [0.1, 0.15) is 81.3 Å². The summed E-state index contributed by atoms with van der Waals surface area (Å²) < 4.78 is 48.3. The second kappa shape index (κ2) is 17.4. The van der Waals surface area contributed by atoms with E-state index in [2.05, 4.69) is 36.9 Å². The maximum atomic E-state index is 12.5. The average Bonchev–Trinajstić information content (AvgIpc) is 3.99. The van der Waals surface area contributed by atoms with Crippen LogP contribution >= 0.6 is 0 Å². The molecule has 0 aliphatic heterocycles. The first-order chi connectivity index (χ1) is 26.9. The van der Waals surface area contributed by atoms with Gasteiger partial charge in [0.25, 0.3) is 0 Å². The molecule has 0 fully saturated rings. The van der Waals surface area contributed by atoms with E-state index in [4.69, 9.17) is 18.3 Å². The van der Waals surface area contributed by atoms with Gasteiger partial charge in [-0.05, 0) is 133 Å². The van der Waals surface area contributed by atoms with Crippen LogP contribution in [0.2, 0.25) is 0 Å². The van der Waals surface area contributed by atoms with Gasteiger partial charge in [0.05, 0.1) is 30.3 Å². The molecular formula is C42H42N6O6S2. The van der Waals surface area contributed by atoms with E-state index in [0.717, 1.165) is 86.7 Å². The van der Waals surface area contributed by atoms with Gasteiger partial charge in [0.2, 0.25) is 26.1 Å². The fourth-order valence-corrected chi connectivity index (χ4v) is 9.73. The van der Waals surface area contributed by atoms with E-state index in [1.54, 1.807) is 54.6 Å². The Kier molecular flexibility index (Phi) is 12.5. The van der Waals surface area contributed by atoms with Crippen LogP contribution in [0.3, 0.4) is 0 Å². The maximum Gasteiger partial charge on any atom is 0.332 e. The molecule has 2 amide bonds. The zero-order valence-electron chi connectivity index (χ0n) is 30.9. The molecule has 0 saturated heterocycles. The Hall–Kier alpha value is -5.63. The molecule has 4 N–H and O–H groups in total. The Bertz CT molecular complexity index is 2450. The third-order valence-electron chi connectivity index (χ3n) is 10.4. The van der Waals surface area contributed by atoms with Gasteiger partial charge in [-0.2, -0.15) is 4.99 Å². The predicted molar refractivity (Wildman–Crippen MR) is 216 cm³/mol. The normalized spacial score (nSPS) is 14.5. The highest BCUT2D eigenvalue weighted by molar-refractivity contribution is 7.89. The SMILES string of the molecule is O=C=Nc1c2c(cc3c1CCC3)CCC2.[C-]#[N+]c1ccc(CS(=O)(=O)NC(=O)Nc2c3c(cc4c2CCC4)CCC3)cc1.[C-]#[N+]c1ccc(CS(N)(=O)=O)cc1. The molecule has 0 bridgehead atoms. The fraction of sp³-hybridized carbons (Fsp3) is 0.333. The topological polar surface area (TPSA) is 174 Å². The van der Waals surface area contributed by atoms with Gasteiger partial charge in [-0.25, -0.2) is 46.0 Å². The summed E-state index contributed by atoms with van der Waals surface area (Å²) in [6, 6.07) is 16.5. The second-order valence-corrected chi connectivity index (χ2v) is 17.7. The van der Waals surface area contributed by atoms with Crippen molar-refractivity contribution in [3.63, 3.8) is 0 Å². The number of rotatable bonds is 7. The molecule has 0 radical (unpaired) electrons. The molecule has 8 rings (SSSR count). The largest absolute Gasteiger partial charge is 0.332 e. The van der Waals surface area contributed by atoms with Crippen LogP contribution in [0.4, 0.5) is 27.5 Å². The van der Waals surface area contributed by atoms with Crippen molar-refractivity contribution >= 4 is 54.9 Å². The van der Waals surface area contributed by atoms with Gasteiger partial charge in [0.1, 0.15) is 0 Å². The van der Waals surface area contributed by atoms with Crippen LogP contribution in [0, 0.1) is 13.1 Å². The van der Waals surface area contributed by atoms with E-state index >= 15 is 0 Å². The van der Waals surface area contributed by atoms with Gasteiger partial charge in [-0.3, -0.25) is 0 Å². The van der Waals surface area contributed by atoms with Crippen LogP contribution in [0.15, 0.2) is 65.7 Å². The number of hydrogen-bond donors (Lipinski definition) is 3. The van der Waals surface area contributed by atoms with Crippen LogP contribution in [-0.4, -0.2) is 28.9 Å². The third-order valence-corrected chi connectivity index (χ3v) is 12.4. The Labute approximate surface area is 328 Å². The fourth-order valence-electron chi connectivity index (χ4n) is 8.04. The van der Waals surface area contributed by atoms with Crippen molar-refractivity contribution in [3.05, 3.63) is 139 Å². The lowest BCUT2D eigenvalue weighted by atomic mass is 9.99. The highest BCUT2D eigenvalue weighted by atomic mass is 32.2. The summed E-state index contributed by atoms with van der Waals surface area (Å²) in [6.45, 7) is 13.6. The number of aryl methyl sites for hydroxylation is 4. The number of urea groups is 1. The monoisotopic (exact) mass is 790 g/mol. The minimum atomic E-state index is -3.84. The second-order valence-electron chi connectivity index (χ2n) is 14.3. The van der Waals surface area contributed by atoms with Gasteiger partial charge in [0, 0.05) is 5.69 Å². The number of nitrogens with zero attached hydrogens (tertiary/aromatic N) is 3. The first kappa shape index (κ1) is 40.0. The summed E-state index contributed by atoms with van der Waals surface area (Å²) in [7, 11) is -7.32. The number of nitrogens with one attached hydrogen (secondary N) is 2. The first-order valence-corrected chi connectivity index (χ1v) is 21.9. The van der Waals surface area contributed by atoms with Gasteiger partial charge in [-0.1, -0.05) is 60.7 Å². The number of anilines is 1. The maximum absolute atomic E-state index is 12.5. The lowest BCUT2D eigenvalue weighted by Crippen LogP contribution is -2.35. The van der Waals surface area contributed by atoms with Gasteiger partial charge in [0.15, 0.2) is 11.4 Å². The van der Waals surface area contributed by atoms with E-state index in [9.17, 15) is 26.4 Å². The summed E-state index contributed by atoms with van der Waals surface area (Å²) in [5.74, 6) is -0.505. The van der Waals surface area contributed by atoms with E-state index in [-0.39, 0.29) is 11.5 Å². The van der Waals surface area contributed by atoms with Crippen molar-refractivity contribution in [2.45, 2.75) is 88.6 Å². The number of carbonyl (C=O) groups excluding carboxylic acids is 2. The Morgan fingerprint density at radius 1 is 0.661 bits per heavy atom. The zero-order chi connectivity index (χ0) is 39.9. The van der Waals surface area contributed by atoms with Crippen LogP contribution in [-0.2, 0) is 87.7 Å². The average molecular weight is 791 g/mol. The molecule has 56 heavy (non-hydrogen) atoms. The van der Waals surface area contributed by atoms with Crippen molar-refractivity contribution in [1.82, 2.24) is 4.72 Å². The van der Waals surface area contributed by atoms with Crippen molar-refractivity contribution in [2.24, 2.45) is 10.1 Å². The first-order valence-electron chi connectivity index (χ1n) is 18.5. The van der Waals surface area contributed by atoms with E-state index in [0.29, 0.717) is 22.5 Å². The van der Waals surface area contributed by atoms with Crippen molar-refractivity contribution < 1.29 is 26.4 Å². The Balaban J connectivity index is 0.000000159. The Morgan fingerprint density at radius 2 is 1.07 bits per heavy atom. The summed E-state index contributed by atoms with van der Waals surface area (Å²) in [6.07, 6.45) is 14.6. The van der Waals surface area contributed by atoms with E-state index < -0.39 is 26.1 Å². The number of carbonyl (C=O) groups is 1. The van der Waals surface area contributed by atoms with Crippen LogP contribution in [0.25, 0.3) is 9.69 Å².